The number of nitrogens with one attached hydrogen (secondary N) is 5. The average molecular weight is 1310 g/mol. The Morgan fingerprint density at radius 3 is 1.62 bits per heavy atom. The Bertz CT molecular complexity index is 3790. The minimum atomic E-state index is -1.09. The lowest BCUT2D eigenvalue weighted by molar-refractivity contribution is -0.141. The number of imide groups is 1. The fraction of sp³-hybridized carbons (Fsp3) is 0.443. The Morgan fingerprint density at radius 2 is 1.12 bits per heavy atom. The first-order chi connectivity index (χ1) is 45.2. The number of hydrogen-bond acceptors (Lipinski definition) is 22. The van der Waals surface area contributed by atoms with E-state index in [1.54, 1.807) is 35.1 Å². The molecule has 7 rings (SSSR count). The van der Waals surface area contributed by atoms with Crippen LogP contribution in [0.15, 0.2) is 57.4 Å². The molecule has 0 bridgehead atoms. The lowest BCUT2D eigenvalue weighted by Gasteiger charge is -2.18. The summed E-state index contributed by atoms with van der Waals surface area (Å²) in [5.41, 5.74) is 13.6. The smallest absolute Gasteiger partial charge is 0.303 e. The van der Waals surface area contributed by atoms with Gasteiger partial charge in [-0.15, -0.1) is 0 Å². The van der Waals surface area contributed by atoms with Crippen LogP contribution < -0.4 is 47.5 Å². The second kappa shape index (κ2) is 34.9. The second-order valence-electron chi connectivity index (χ2n) is 20.9. The molecule has 2 aromatic carbocycles. The van der Waals surface area contributed by atoms with Crippen molar-refractivity contribution in [2.45, 2.75) is 91.8 Å². The molecule has 33 nitrogen and oxygen atoms in total. The van der Waals surface area contributed by atoms with E-state index in [1.807, 2.05) is 13.8 Å². The number of oxazole rings is 2. The van der Waals surface area contributed by atoms with Crippen molar-refractivity contribution in [1.82, 2.24) is 49.9 Å². The molecule has 10 N–H and O–H groups in total. The highest BCUT2D eigenvalue weighted by molar-refractivity contribution is 6.14. The first kappa shape index (κ1) is 71.1. The highest BCUT2D eigenvalue weighted by Gasteiger charge is 2.28. The number of carbonyl (C=O) groups excluding carboxylic acids is 9. The summed E-state index contributed by atoms with van der Waals surface area (Å²) in [6.07, 6.45) is 6.36. The predicted octanol–water partition coefficient (Wildman–Crippen LogP) is 2.19. The molecule has 94 heavy (non-hydrogen) atoms. The molecule has 0 radical (unpaired) electrons. The molecule has 9 amide bonds. The summed E-state index contributed by atoms with van der Waals surface area (Å²) < 4.78 is 48.5. The summed E-state index contributed by atoms with van der Waals surface area (Å²) in [6, 6.07) is 4.67. The van der Waals surface area contributed by atoms with Gasteiger partial charge in [-0.05, 0) is 56.4 Å². The van der Waals surface area contributed by atoms with Crippen molar-refractivity contribution < 1.29 is 90.3 Å². The van der Waals surface area contributed by atoms with E-state index in [4.69, 9.17) is 53.7 Å². The average Bonchev–Trinajstić information content (AvgIpc) is 1.61. The van der Waals surface area contributed by atoms with Crippen LogP contribution in [-0.4, -0.2) is 190 Å². The summed E-state index contributed by atoms with van der Waals surface area (Å²) in [4.78, 5) is 145. The summed E-state index contributed by atoms with van der Waals surface area (Å²) in [6.45, 7) is 8.20. The van der Waals surface area contributed by atoms with E-state index in [0.29, 0.717) is 35.3 Å². The highest BCUT2D eigenvalue weighted by Crippen LogP contribution is 2.34. The summed E-state index contributed by atoms with van der Waals surface area (Å²) in [5, 5.41) is 22.9. The van der Waals surface area contributed by atoms with Gasteiger partial charge in [-0.25, -0.2) is 19.9 Å². The van der Waals surface area contributed by atoms with E-state index in [0.717, 1.165) is 17.1 Å². The molecule has 1 atom stereocenters. The molecule has 5 heterocycles. The number of allylic oxidation sites excluding steroid dienone is 2. The van der Waals surface area contributed by atoms with Gasteiger partial charge < -0.3 is 78.9 Å². The number of amides is 9. The first-order valence-electron chi connectivity index (χ1n) is 30.1. The van der Waals surface area contributed by atoms with Crippen molar-refractivity contribution in [3.05, 3.63) is 94.4 Å². The molecule has 0 aliphatic carbocycles. The Labute approximate surface area is 537 Å². The molecule has 33 heteroatoms. The van der Waals surface area contributed by atoms with E-state index >= 15 is 0 Å². The monoisotopic (exact) mass is 1310 g/mol. The number of rotatable bonds is 41. The standard InChI is InChI=1S/C61H76N14O19/c1-6-39-53(93-35(3)66-39)58(85)71-60-69-42-30-37(55(62)82)32-44(87-5)51(42)73(60)19-8-9-20-74-52-43(70-61(74)72-59(86)54-40(7-2)67-36(4)94-54)31-38(56(63)83)33-45(52)92-21-11-17-65-57(84)41(12-10-13-50(80)81)68-46(76)16-22-88-24-26-90-28-29-91-27-25-89-23-18-64-47(77)34-75-48(78)14-15-49(75)79/h8-9,14-15,30-33,41H,6-7,10-13,16-29,34H2,1-5H3,(H2,62,82)(H2,63,83)(H,64,77)(H,65,84)(H,68,76)(H,80,81)(H,69,71,85)(H,70,72,86)/b9-8+/t41-/m1/s1. The second-order valence-corrected chi connectivity index (χ2v) is 20.9. The van der Waals surface area contributed by atoms with Crippen molar-refractivity contribution in [2.24, 2.45) is 11.5 Å². The van der Waals surface area contributed by atoms with Crippen LogP contribution in [0, 0.1) is 13.8 Å². The molecular weight excluding hydrogens is 1230 g/mol. The lowest BCUT2D eigenvalue weighted by atomic mass is 10.1. The number of carboxylic acids is 1. The SMILES string of the molecule is CCc1nc(C)oc1C(=O)Nc1nc2cc(C(N)=O)cc(OC)c2n1C/C=C/Cn1c(NC(=O)c2oc(C)nc2CC)nc2cc(C(N)=O)cc(OCCCNC(=O)[C@@H](CCCC(=O)O)NC(=O)CCOCCOCCOCCOCCNC(=O)CN3C(=O)C=CC3=O)c21. The van der Waals surface area contributed by atoms with Crippen LogP contribution in [-0.2, 0) is 73.6 Å². The molecule has 1 aliphatic rings. The Kier molecular flexibility index (Phi) is 26.4. The molecule has 6 aromatic rings. The number of methoxy groups -OCH3 is 1. The van der Waals surface area contributed by atoms with Gasteiger partial charge >= 0.3 is 5.97 Å². The van der Waals surface area contributed by atoms with E-state index in [1.165, 1.54) is 31.4 Å². The van der Waals surface area contributed by atoms with Crippen LogP contribution in [0.1, 0.15) is 111 Å². The van der Waals surface area contributed by atoms with E-state index < -0.39 is 65.2 Å². The topological polar surface area (TPSA) is 449 Å². The zero-order valence-electron chi connectivity index (χ0n) is 52.6. The van der Waals surface area contributed by atoms with Gasteiger partial charge in [0.25, 0.3) is 23.6 Å². The minimum Gasteiger partial charge on any atom is -0.494 e. The number of primary amides is 2. The number of ether oxygens (including phenoxy) is 6. The molecule has 504 valence electrons. The number of benzene rings is 2. The van der Waals surface area contributed by atoms with Crippen molar-refractivity contribution >= 4 is 93.1 Å². The van der Waals surface area contributed by atoms with Crippen LogP contribution in [0.3, 0.4) is 0 Å². The molecule has 0 saturated heterocycles. The number of anilines is 2. The highest BCUT2D eigenvalue weighted by atomic mass is 16.6. The van der Waals surface area contributed by atoms with Crippen LogP contribution >= 0.6 is 0 Å². The third-order valence-electron chi connectivity index (χ3n) is 14.1. The molecule has 0 saturated carbocycles. The zero-order valence-corrected chi connectivity index (χ0v) is 52.6. The number of nitrogens with two attached hydrogens (primary N) is 2. The van der Waals surface area contributed by atoms with E-state index in [2.05, 4.69) is 41.5 Å². The summed E-state index contributed by atoms with van der Waals surface area (Å²) >= 11 is 0. The Balaban J connectivity index is 0.951. The van der Waals surface area contributed by atoms with Gasteiger partial charge in [0, 0.05) is 76.1 Å². The van der Waals surface area contributed by atoms with Crippen molar-refractivity contribution in [3.8, 4) is 11.5 Å². The number of aryl methyl sites for hydroxylation is 4. The van der Waals surface area contributed by atoms with Gasteiger partial charge in [-0.2, -0.15) is 0 Å². The number of carbonyl (C=O) groups is 10. The number of carboxylic acid groups (broad SMARTS) is 1. The van der Waals surface area contributed by atoms with Gasteiger partial charge in [-0.3, -0.25) is 63.5 Å². The molecule has 0 fully saturated rings. The maximum atomic E-state index is 14.0. The van der Waals surface area contributed by atoms with Gasteiger partial charge in [-0.1, -0.05) is 26.0 Å². The third-order valence-corrected chi connectivity index (χ3v) is 14.1. The number of nitrogens with zero attached hydrogens (tertiary/aromatic N) is 7. The van der Waals surface area contributed by atoms with Gasteiger partial charge in [0.15, 0.2) is 11.8 Å². The quantitative estimate of drug-likeness (QED) is 0.0155. The Morgan fingerprint density at radius 1 is 0.617 bits per heavy atom. The Hall–Kier alpha value is -10.4. The molecule has 0 unspecified atom stereocenters. The van der Waals surface area contributed by atoms with Crippen LogP contribution in [0.5, 0.6) is 11.5 Å². The molecule has 0 spiro atoms. The number of hydrogen-bond donors (Lipinski definition) is 8. The fourth-order valence-corrected chi connectivity index (χ4v) is 9.57. The normalized spacial score (nSPS) is 12.5. The largest absolute Gasteiger partial charge is 0.494 e. The van der Waals surface area contributed by atoms with Crippen LogP contribution in [0.25, 0.3) is 22.1 Å². The first-order valence-corrected chi connectivity index (χ1v) is 30.1. The summed E-state index contributed by atoms with van der Waals surface area (Å²) in [7, 11) is 1.40. The third kappa shape index (κ3) is 19.8. The van der Waals surface area contributed by atoms with Crippen molar-refractivity contribution in [1.29, 1.82) is 0 Å². The molecule has 4 aromatic heterocycles. The number of aliphatic carboxylic acids is 1. The molecular formula is C61H76N14O19. The van der Waals surface area contributed by atoms with Crippen LogP contribution in [0.4, 0.5) is 11.9 Å². The van der Waals surface area contributed by atoms with Crippen LogP contribution in [0.2, 0.25) is 0 Å². The van der Waals surface area contributed by atoms with Crippen molar-refractivity contribution in [2.75, 3.05) is 96.8 Å². The molecule has 1 aliphatic heterocycles. The summed E-state index contributed by atoms with van der Waals surface area (Å²) in [5.74, 6) is -5.71. The minimum absolute atomic E-state index is 0.000481. The number of imidazole rings is 2. The van der Waals surface area contributed by atoms with Gasteiger partial charge in [0.05, 0.1) is 89.0 Å². The lowest BCUT2D eigenvalue weighted by Crippen LogP contribution is -2.47. The van der Waals surface area contributed by atoms with E-state index in [-0.39, 0.29) is 193 Å². The number of fused-ring (bicyclic) bond motifs is 2. The van der Waals surface area contributed by atoms with Crippen molar-refractivity contribution in [3.63, 3.8) is 0 Å². The number of aromatic nitrogens is 6. The van der Waals surface area contributed by atoms with Gasteiger partial charge in [0.2, 0.25) is 53.0 Å². The van der Waals surface area contributed by atoms with Gasteiger partial charge in [0.1, 0.15) is 35.1 Å². The van der Waals surface area contributed by atoms with E-state index in [9.17, 15) is 53.1 Å². The fourth-order valence-electron chi connectivity index (χ4n) is 9.57. The zero-order chi connectivity index (χ0) is 67.8. The maximum absolute atomic E-state index is 14.0. The predicted molar refractivity (Wildman–Crippen MR) is 333 cm³/mol. The maximum Gasteiger partial charge on any atom is 0.303 e.